The summed E-state index contributed by atoms with van der Waals surface area (Å²) in [5.74, 6) is -1.74. The predicted molar refractivity (Wildman–Crippen MR) is 128 cm³/mol. The van der Waals surface area contributed by atoms with Gasteiger partial charge < -0.3 is 18.6 Å². The van der Waals surface area contributed by atoms with Crippen molar-refractivity contribution >= 4 is 40.4 Å². The third kappa shape index (κ3) is 22.4. The summed E-state index contributed by atoms with van der Waals surface area (Å²) in [4.78, 5) is 24.1. The molecule has 0 aliphatic heterocycles. The minimum atomic E-state index is -5.56. The summed E-state index contributed by atoms with van der Waals surface area (Å²) in [6.07, 6.45) is 6.58. The van der Waals surface area contributed by atoms with E-state index in [0.29, 0.717) is 0 Å². The molecule has 13 nitrogen and oxygen atoms in total. The Balaban J connectivity index is -0.000000499. The molecule has 1 N–H and O–H groups in total. The van der Waals surface area contributed by atoms with Crippen LogP contribution in [0.3, 0.4) is 0 Å². The van der Waals surface area contributed by atoms with Gasteiger partial charge in [-0.15, -0.1) is 0 Å². The molecule has 0 aromatic heterocycles. The van der Waals surface area contributed by atoms with E-state index in [4.69, 9.17) is 14.0 Å². The van der Waals surface area contributed by atoms with Crippen LogP contribution in [0.2, 0.25) is 0 Å². The van der Waals surface area contributed by atoms with Gasteiger partial charge in [-0.1, -0.05) is 66.2 Å². The molecule has 0 aromatic carbocycles. The van der Waals surface area contributed by atoms with Gasteiger partial charge in [-0.3, -0.25) is 14.1 Å². The fourth-order valence-electron chi connectivity index (χ4n) is 2.81. The Morgan fingerprint density at radius 2 is 1.13 bits per heavy atom. The summed E-state index contributed by atoms with van der Waals surface area (Å²) in [7, 11) is -16.0. The average molecular weight is 629 g/mol. The molecule has 3 unspecified atom stereocenters. The van der Waals surface area contributed by atoms with Crippen LogP contribution in [0.5, 0.6) is 0 Å². The number of esters is 2. The molecule has 0 rings (SSSR count). The smallest absolute Gasteiger partial charge is 0.747 e. The zero-order chi connectivity index (χ0) is 28.6. The van der Waals surface area contributed by atoms with Crippen LogP contribution >= 0.6 is 0 Å². The van der Waals surface area contributed by atoms with Crippen LogP contribution < -0.4 is 59.1 Å². The first-order chi connectivity index (χ1) is 16.4. The van der Waals surface area contributed by atoms with Gasteiger partial charge in [0.15, 0.2) is 5.25 Å². The number of carbonyl (C=O) groups is 2. The van der Waals surface area contributed by atoms with E-state index in [2.05, 4.69) is 13.8 Å². The van der Waals surface area contributed by atoms with Crippen molar-refractivity contribution < 1.29 is 117 Å². The largest absolute Gasteiger partial charge is 1.00 e. The molecular formula is C20H38Na2O13S3. The molecule has 0 bridgehead atoms. The standard InChI is InChI=1S/C20H38O7S.2Na.H2O6S2/c1-5-9-11-16(7-3)14-26-19(21)13-18(28(23,24)25)20(22)27-15-17(8-4)12-10-6-2;;;1-7(2,3)8(4,5)6/h16-18H,5-15H2,1-4H3,(H,23,24,25);;;(H,1,2,3)(H,4,5,6)/q;2*+1;/p-2. The molecule has 3 atom stereocenters. The molecule has 0 fully saturated rings. The molecule has 0 radical (unpaired) electrons. The molecule has 216 valence electrons. The predicted octanol–water partition coefficient (Wildman–Crippen LogP) is -3.85. The van der Waals surface area contributed by atoms with Gasteiger partial charge in [0.2, 0.25) is 9.15 Å². The first-order valence-electron chi connectivity index (χ1n) is 11.6. The van der Waals surface area contributed by atoms with Crippen molar-refractivity contribution in [1.82, 2.24) is 0 Å². The maximum Gasteiger partial charge on any atom is 1.00 e. The first-order valence-corrected chi connectivity index (χ1v) is 16.5. The van der Waals surface area contributed by atoms with Gasteiger partial charge in [-0.2, -0.15) is 8.42 Å². The van der Waals surface area contributed by atoms with E-state index >= 15 is 0 Å². The Bertz CT molecular complexity index is 938. The van der Waals surface area contributed by atoms with Gasteiger partial charge in [-0.05, 0) is 24.7 Å². The molecule has 0 aliphatic carbocycles. The second kappa shape index (κ2) is 23.3. The molecule has 0 saturated carbocycles. The Morgan fingerprint density at radius 1 is 0.763 bits per heavy atom. The zero-order valence-electron chi connectivity index (χ0n) is 23.1. The minimum Gasteiger partial charge on any atom is -0.747 e. The summed E-state index contributed by atoms with van der Waals surface area (Å²) < 4.78 is 98.4. The number of rotatable bonds is 17. The Labute approximate surface area is 270 Å². The van der Waals surface area contributed by atoms with E-state index in [9.17, 15) is 43.9 Å². The second-order valence-electron chi connectivity index (χ2n) is 8.17. The topological polar surface area (TPSA) is 221 Å². The molecule has 18 heteroatoms. The molecule has 0 spiro atoms. The molecule has 0 saturated heterocycles. The summed E-state index contributed by atoms with van der Waals surface area (Å²) in [6, 6.07) is 0. The number of hydrogen-bond donors (Lipinski definition) is 1. The van der Waals surface area contributed by atoms with Crippen LogP contribution in [-0.4, -0.2) is 69.3 Å². The average Bonchev–Trinajstić information content (AvgIpc) is 2.75. The molecule has 38 heavy (non-hydrogen) atoms. The maximum absolute atomic E-state index is 12.1. The van der Waals surface area contributed by atoms with E-state index < -0.39 is 52.0 Å². The van der Waals surface area contributed by atoms with Crippen molar-refractivity contribution in [3.8, 4) is 0 Å². The van der Waals surface area contributed by atoms with Crippen LogP contribution in [0, 0.1) is 11.8 Å². The van der Waals surface area contributed by atoms with Gasteiger partial charge in [0.25, 0.3) is 0 Å². The molecule has 0 amide bonds. The molecule has 0 aromatic rings. The quantitative estimate of drug-likeness (QED) is 0.0706. The number of ether oxygens (including phenoxy) is 2. The number of carbonyl (C=O) groups excluding carboxylic acids is 2. The van der Waals surface area contributed by atoms with Crippen LogP contribution in [0.25, 0.3) is 0 Å². The van der Waals surface area contributed by atoms with E-state index in [-0.39, 0.29) is 84.2 Å². The third-order valence-corrected chi connectivity index (χ3v) is 8.37. The van der Waals surface area contributed by atoms with Crippen LogP contribution in [0.15, 0.2) is 0 Å². The summed E-state index contributed by atoms with van der Waals surface area (Å²) in [5.41, 5.74) is 0. The molecular weight excluding hydrogens is 590 g/mol. The van der Waals surface area contributed by atoms with Crippen LogP contribution in [-0.2, 0) is 47.5 Å². The maximum atomic E-state index is 12.1. The van der Waals surface area contributed by atoms with E-state index in [1.54, 1.807) is 0 Å². The second-order valence-corrected chi connectivity index (χ2v) is 13.9. The molecule has 0 heterocycles. The molecule has 0 aliphatic rings. The van der Waals surface area contributed by atoms with Gasteiger partial charge in [0.1, 0.15) is 10.1 Å². The SMILES string of the molecule is CCCCC(CC)COC(=O)CC(C(=O)OCC(CC)CCCC)S(=O)(=O)[O-].O=S(=O)([O-])S(=O)(=O)O.[Na+].[Na+]. The van der Waals surface area contributed by atoms with Crippen molar-refractivity contribution in [3.05, 3.63) is 0 Å². The van der Waals surface area contributed by atoms with Gasteiger partial charge in [0, 0.05) is 0 Å². The Morgan fingerprint density at radius 3 is 1.42 bits per heavy atom. The van der Waals surface area contributed by atoms with Gasteiger partial charge in [-0.25, -0.2) is 16.8 Å². The minimum absolute atomic E-state index is 0. The fraction of sp³-hybridized carbons (Fsp3) is 0.900. The number of hydrogen-bond acceptors (Lipinski definition) is 12. The monoisotopic (exact) mass is 628 g/mol. The van der Waals surface area contributed by atoms with E-state index in [1.807, 2.05) is 13.8 Å². The third-order valence-electron chi connectivity index (χ3n) is 5.25. The van der Waals surface area contributed by atoms with E-state index in [1.165, 1.54) is 0 Å². The summed E-state index contributed by atoms with van der Waals surface area (Å²) in [5, 5.41) is -2.06. The van der Waals surface area contributed by atoms with Crippen LogP contribution in [0.1, 0.15) is 85.5 Å². The Hall–Kier alpha value is 0.670. The van der Waals surface area contributed by atoms with Crippen molar-refractivity contribution in [2.24, 2.45) is 11.8 Å². The van der Waals surface area contributed by atoms with Gasteiger partial charge >= 0.3 is 80.2 Å². The Kier molecular flexibility index (Phi) is 27.9. The van der Waals surface area contributed by atoms with Crippen molar-refractivity contribution in [2.45, 2.75) is 90.7 Å². The fourth-order valence-corrected chi connectivity index (χ4v) is 3.46. The summed E-state index contributed by atoms with van der Waals surface area (Å²) >= 11 is 0. The normalized spacial score (nSPS) is 13.9. The zero-order valence-corrected chi connectivity index (χ0v) is 29.5. The van der Waals surface area contributed by atoms with Crippen molar-refractivity contribution in [1.29, 1.82) is 0 Å². The van der Waals surface area contributed by atoms with Crippen LogP contribution in [0.4, 0.5) is 0 Å². The van der Waals surface area contributed by atoms with E-state index in [0.717, 1.165) is 51.4 Å². The first kappa shape index (κ1) is 45.7. The van der Waals surface area contributed by atoms with Gasteiger partial charge in [0.05, 0.1) is 19.6 Å². The number of unbranched alkanes of at least 4 members (excludes halogenated alkanes) is 2. The van der Waals surface area contributed by atoms with Crippen molar-refractivity contribution in [2.75, 3.05) is 13.2 Å². The van der Waals surface area contributed by atoms with Crippen molar-refractivity contribution in [3.63, 3.8) is 0 Å². The summed E-state index contributed by atoms with van der Waals surface area (Å²) in [6.45, 7) is 8.26.